The van der Waals surface area contributed by atoms with Crippen LogP contribution in [0.2, 0.25) is 0 Å². The first-order chi connectivity index (χ1) is 16.1. The van der Waals surface area contributed by atoms with Gasteiger partial charge in [0.25, 0.3) is 11.1 Å². The van der Waals surface area contributed by atoms with Crippen molar-refractivity contribution >= 4 is 28.4 Å². The molecule has 7 nitrogen and oxygen atoms in total. The standard InChI is InChI=1S/C25H23N3O4S/c1-3-15-32-19-13-11-17(12-14-19)16-20-23(29)26-25-28(27-20)24(30)22(33-25)10-6-8-18-7-4-5-9-21(18)31-2/h4-14H,3,15-16H2,1-2H3/b8-6+,22-10-. The van der Waals surface area contributed by atoms with E-state index in [1.165, 1.54) is 4.52 Å². The van der Waals surface area contributed by atoms with E-state index in [4.69, 9.17) is 9.47 Å². The molecule has 4 aromatic rings. The molecule has 33 heavy (non-hydrogen) atoms. The van der Waals surface area contributed by atoms with Crippen molar-refractivity contribution in [3.05, 3.63) is 96.7 Å². The fraction of sp³-hybridized carbons (Fsp3) is 0.200. The number of methoxy groups -OCH3 is 1. The molecule has 0 aliphatic heterocycles. The minimum absolute atomic E-state index is 0.223. The summed E-state index contributed by atoms with van der Waals surface area (Å²) in [5.74, 6) is 1.52. The molecule has 2 aromatic heterocycles. The molecule has 168 valence electrons. The highest BCUT2D eigenvalue weighted by Gasteiger charge is 2.11. The fourth-order valence-corrected chi connectivity index (χ4v) is 4.08. The van der Waals surface area contributed by atoms with Crippen LogP contribution in [0.4, 0.5) is 0 Å². The summed E-state index contributed by atoms with van der Waals surface area (Å²) in [7, 11) is 1.61. The molecular formula is C25H23N3O4S. The number of nitrogens with zero attached hydrogens (tertiary/aromatic N) is 3. The first-order valence-electron chi connectivity index (χ1n) is 10.5. The molecule has 0 saturated heterocycles. The Kier molecular flexibility index (Phi) is 6.95. The van der Waals surface area contributed by atoms with Crippen LogP contribution in [-0.4, -0.2) is 28.3 Å². The third-order valence-corrected chi connectivity index (χ3v) is 5.86. The van der Waals surface area contributed by atoms with E-state index in [2.05, 4.69) is 10.1 Å². The van der Waals surface area contributed by atoms with E-state index in [0.717, 1.165) is 40.4 Å². The van der Waals surface area contributed by atoms with Crippen molar-refractivity contribution in [1.82, 2.24) is 14.6 Å². The van der Waals surface area contributed by atoms with Gasteiger partial charge in [-0.05, 0) is 36.3 Å². The Balaban J connectivity index is 1.61. The van der Waals surface area contributed by atoms with Crippen LogP contribution < -0.4 is 25.1 Å². The third kappa shape index (κ3) is 5.18. The van der Waals surface area contributed by atoms with Crippen molar-refractivity contribution in [2.45, 2.75) is 19.8 Å². The number of benzene rings is 2. The maximum atomic E-state index is 12.8. The van der Waals surface area contributed by atoms with Crippen molar-refractivity contribution < 1.29 is 9.47 Å². The first kappa shape index (κ1) is 22.4. The summed E-state index contributed by atoms with van der Waals surface area (Å²) >= 11 is 1.13. The molecule has 0 spiro atoms. The molecule has 0 radical (unpaired) electrons. The van der Waals surface area contributed by atoms with E-state index in [9.17, 15) is 9.59 Å². The fourth-order valence-electron chi connectivity index (χ4n) is 3.23. The van der Waals surface area contributed by atoms with Gasteiger partial charge in [-0.1, -0.05) is 60.7 Å². The van der Waals surface area contributed by atoms with Gasteiger partial charge in [0.05, 0.1) is 18.2 Å². The maximum Gasteiger partial charge on any atom is 0.296 e. The largest absolute Gasteiger partial charge is 0.496 e. The number of hydrogen-bond acceptors (Lipinski definition) is 7. The Morgan fingerprint density at radius 3 is 2.64 bits per heavy atom. The number of hydrogen-bond donors (Lipinski definition) is 0. The summed E-state index contributed by atoms with van der Waals surface area (Å²) in [6.45, 7) is 2.70. The minimum Gasteiger partial charge on any atom is -0.496 e. The van der Waals surface area contributed by atoms with Crippen molar-refractivity contribution in [3.8, 4) is 11.5 Å². The Morgan fingerprint density at radius 1 is 1.09 bits per heavy atom. The van der Waals surface area contributed by atoms with Gasteiger partial charge in [-0.3, -0.25) is 9.59 Å². The third-order valence-electron chi connectivity index (χ3n) is 4.88. The molecule has 4 rings (SSSR count). The summed E-state index contributed by atoms with van der Waals surface area (Å²) in [6.07, 6.45) is 6.53. The molecule has 0 N–H and O–H groups in total. The second-order valence-electron chi connectivity index (χ2n) is 7.27. The van der Waals surface area contributed by atoms with E-state index in [0.29, 0.717) is 11.1 Å². The lowest BCUT2D eigenvalue weighted by Crippen LogP contribution is -2.27. The molecule has 0 bridgehead atoms. The average molecular weight is 462 g/mol. The molecule has 2 heterocycles. The summed E-state index contributed by atoms with van der Waals surface area (Å²) in [5, 5.41) is 4.30. The number of aromatic nitrogens is 3. The van der Waals surface area contributed by atoms with Crippen LogP contribution in [0, 0.1) is 0 Å². The van der Waals surface area contributed by atoms with Gasteiger partial charge in [-0.2, -0.15) is 14.6 Å². The molecule has 0 unspecified atom stereocenters. The normalized spacial score (nSPS) is 12.0. The van der Waals surface area contributed by atoms with Crippen LogP contribution in [0.3, 0.4) is 0 Å². The predicted molar refractivity (Wildman–Crippen MR) is 130 cm³/mol. The summed E-state index contributed by atoms with van der Waals surface area (Å²) in [4.78, 5) is 29.7. The highest BCUT2D eigenvalue weighted by Crippen LogP contribution is 2.18. The monoisotopic (exact) mass is 461 g/mol. The molecule has 2 aromatic carbocycles. The average Bonchev–Trinajstić information content (AvgIpc) is 3.13. The zero-order valence-corrected chi connectivity index (χ0v) is 19.2. The molecule has 0 saturated carbocycles. The Labute approximate surface area is 194 Å². The Morgan fingerprint density at radius 2 is 1.88 bits per heavy atom. The van der Waals surface area contributed by atoms with Crippen LogP contribution >= 0.6 is 11.3 Å². The second kappa shape index (κ2) is 10.2. The van der Waals surface area contributed by atoms with Gasteiger partial charge in [0.2, 0.25) is 4.96 Å². The van der Waals surface area contributed by atoms with Crippen LogP contribution in [0.25, 0.3) is 17.1 Å². The topological polar surface area (TPSA) is 82.8 Å². The highest BCUT2D eigenvalue weighted by molar-refractivity contribution is 7.15. The Bertz CT molecular complexity index is 1460. The van der Waals surface area contributed by atoms with E-state index in [-0.39, 0.29) is 22.6 Å². The number of rotatable bonds is 8. The van der Waals surface area contributed by atoms with E-state index in [1.807, 2.05) is 61.5 Å². The maximum absolute atomic E-state index is 12.8. The Hall–Kier alpha value is -3.78. The molecule has 0 aliphatic rings. The minimum atomic E-state index is -0.432. The quantitative estimate of drug-likeness (QED) is 0.401. The van der Waals surface area contributed by atoms with E-state index in [1.54, 1.807) is 19.3 Å². The molecule has 8 heteroatoms. The van der Waals surface area contributed by atoms with Gasteiger partial charge < -0.3 is 9.47 Å². The predicted octanol–water partition coefficient (Wildman–Crippen LogP) is 3.11. The lowest BCUT2D eigenvalue weighted by molar-refractivity contribution is 0.317. The van der Waals surface area contributed by atoms with Gasteiger partial charge in [-0.25, -0.2) is 0 Å². The SMILES string of the molecule is CCCOc1ccc(Cc2nn3c(=O)/c(=C/C=C/c4ccccc4OC)sc3nc2=O)cc1. The van der Waals surface area contributed by atoms with E-state index < -0.39 is 5.56 Å². The summed E-state index contributed by atoms with van der Waals surface area (Å²) < 4.78 is 12.5. The van der Waals surface area contributed by atoms with Gasteiger partial charge in [0.1, 0.15) is 17.2 Å². The number of allylic oxidation sites excluding steroid dienone is 1. The summed E-state index contributed by atoms with van der Waals surface area (Å²) in [6, 6.07) is 15.1. The molecule has 0 fully saturated rings. The number of ether oxygens (including phenoxy) is 2. The van der Waals surface area contributed by atoms with Crippen LogP contribution in [-0.2, 0) is 6.42 Å². The van der Waals surface area contributed by atoms with Gasteiger partial charge in [0, 0.05) is 12.0 Å². The van der Waals surface area contributed by atoms with Crippen LogP contribution in [0.1, 0.15) is 30.2 Å². The molecule has 0 atom stereocenters. The second-order valence-corrected chi connectivity index (χ2v) is 8.28. The molecule has 0 amide bonds. The van der Waals surface area contributed by atoms with Gasteiger partial charge in [-0.15, -0.1) is 0 Å². The zero-order valence-electron chi connectivity index (χ0n) is 18.4. The zero-order chi connectivity index (χ0) is 23.2. The van der Waals surface area contributed by atoms with E-state index >= 15 is 0 Å². The van der Waals surface area contributed by atoms with Crippen molar-refractivity contribution in [1.29, 1.82) is 0 Å². The lowest BCUT2D eigenvalue weighted by atomic mass is 10.1. The van der Waals surface area contributed by atoms with Crippen LogP contribution in [0.15, 0.2) is 64.2 Å². The van der Waals surface area contributed by atoms with Gasteiger partial charge >= 0.3 is 0 Å². The first-order valence-corrected chi connectivity index (χ1v) is 11.4. The van der Waals surface area contributed by atoms with Crippen LogP contribution in [0.5, 0.6) is 11.5 Å². The van der Waals surface area contributed by atoms with Gasteiger partial charge in [0.15, 0.2) is 0 Å². The summed E-state index contributed by atoms with van der Waals surface area (Å²) in [5.41, 5.74) is 1.26. The molecular weight excluding hydrogens is 438 g/mol. The highest BCUT2D eigenvalue weighted by atomic mass is 32.1. The smallest absolute Gasteiger partial charge is 0.296 e. The van der Waals surface area contributed by atoms with Crippen molar-refractivity contribution in [2.24, 2.45) is 0 Å². The van der Waals surface area contributed by atoms with Crippen molar-refractivity contribution in [3.63, 3.8) is 0 Å². The number of fused-ring (bicyclic) bond motifs is 1. The number of para-hydroxylation sites is 1. The lowest BCUT2D eigenvalue weighted by Gasteiger charge is -2.05. The van der Waals surface area contributed by atoms with Crippen molar-refractivity contribution in [2.75, 3.05) is 13.7 Å². The number of thiazole rings is 1. The molecule has 0 aliphatic carbocycles.